The van der Waals surface area contributed by atoms with E-state index in [4.69, 9.17) is 5.11 Å². The van der Waals surface area contributed by atoms with Crippen LogP contribution in [-0.4, -0.2) is 44.8 Å². The summed E-state index contributed by atoms with van der Waals surface area (Å²) in [7, 11) is 1.79. The Balaban J connectivity index is 1.99. The first-order chi connectivity index (χ1) is 8.41. The second-order valence-electron chi connectivity index (χ2n) is 4.86. The molecule has 1 saturated heterocycles. The van der Waals surface area contributed by atoms with Gasteiger partial charge >= 0.3 is 5.97 Å². The molecule has 2 heterocycles. The normalized spacial score (nSPS) is 17.4. The van der Waals surface area contributed by atoms with E-state index in [1.807, 2.05) is 6.92 Å². The minimum atomic E-state index is -0.801. The van der Waals surface area contributed by atoms with E-state index in [1.165, 1.54) is 0 Å². The molecule has 18 heavy (non-hydrogen) atoms. The summed E-state index contributed by atoms with van der Waals surface area (Å²) in [6.07, 6.45) is 1.56. The summed E-state index contributed by atoms with van der Waals surface area (Å²) in [5.74, 6) is -1.20. The maximum absolute atomic E-state index is 12.1. The van der Waals surface area contributed by atoms with E-state index in [2.05, 4.69) is 5.10 Å². The van der Waals surface area contributed by atoms with Crippen molar-refractivity contribution in [3.63, 3.8) is 0 Å². The SMILES string of the molecule is Cc1c(C(=O)N2CC(C(C)C(=O)O)C2)cnn1C. The fourth-order valence-electron chi connectivity index (χ4n) is 2.08. The van der Waals surface area contributed by atoms with Gasteiger partial charge in [-0.05, 0) is 6.92 Å². The van der Waals surface area contributed by atoms with Crippen LogP contribution in [0.15, 0.2) is 6.20 Å². The van der Waals surface area contributed by atoms with Crippen molar-refractivity contribution in [2.45, 2.75) is 13.8 Å². The zero-order valence-electron chi connectivity index (χ0n) is 10.8. The number of nitrogens with zero attached hydrogens (tertiary/aromatic N) is 3. The van der Waals surface area contributed by atoms with Crippen LogP contribution in [-0.2, 0) is 11.8 Å². The van der Waals surface area contributed by atoms with Crippen molar-refractivity contribution in [3.05, 3.63) is 17.5 Å². The number of aromatic nitrogens is 2. The van der Waals surface area contributed by atoms with E-state index in [0.29, 0.717) is 18.7 Å². The van der Waals surface area contributed by atoms with Crippen molar-refractivity contribution in [1.29, 1.82) is 0 Å². The monoisotopic (exact) mass is 251 g/mol. The number of carboxylic acid groups (broad SMARTS) is 1. The lowest BCUT2D eigenvalue weighted by Gasteiger charge is -2.41. The molecule has 1 aliphatic heterocycles. The second-order valence-corrected chi connectivity index (χ2v) is 4.86. The minimum absolute atomic E-state index is 0.0587. The Morgan fingerprint density at radius 3 is 2.56 bits per heavy atom. The van der Waals surface area contributed by atoms with Crippen molar-refractivity contribution in [1.82, 2.24) is 14.7 Å². The molecule has 6 heteroatoms. The number of rotatable bonds is 3. The number of hydrogen-bond donors (Lipinski definition) is 1. The van der Waals surface area contributed by atoms with Crippen LogP contribution < -0.4 is 0 Å². The van der Waals surface area contributed by atoms with Gasteiger partial charge in [0.2, 0.25) is 0 Å². The highest BCUT2D eigenvalue weighted by Gasteiger charge is 2.38. The van der Waals surface area contributed by atoms with Gasteiger partial charge in [-0.2, -0.15) is 5.10 Å². The Kier molecular flexibility index (Phi) is 3.11. The van der Waals surface area contributed by atoms with Crippen LogP contribution >= 0.6 is 0 Å². The van der Waals surface area contributed by atoms with Crippen LogP contribution in [0, 0.1) is 18.8 Å². The van der Waals surface area contributed by atoms with E-state index in [9.17, 15) is 9.59 Å². The Morgan fingerprint density at radius 1 is 1.50 bits per heavy atom. The molecule has 0 spiro atoms. The van der Waals surface area contributed by atoms with E-state index < -0.39 is 11.9 Å². The van der Waals surface area contributed by atoms with E-state index in [1.54, 1.807) is 29.7 Å². The van der Waals surface area contributed by atoms with Gasteiger partial charge in [-0.15, -0.1) is 0 Å². The molecule has 1 atom stereocenters. The van der Waals surface area contributed by atoms with Crippen LogP contribution in [0.4, 0.5) is 0 Å². The summed E-state index contributed by atoms with van der Waals surface area (Å²) in [5.41, 5.74) is 1.42. The summed E-state index contributed by atoms with van der Waals surface area (Å²) in [4.78, 5) is 24.6. The molecule has 6 nitrogen and oxygen atoms in total. The third-order valence-electron chi connectivity index (χ3n) is 3.76. The fraction of sp³-hybridized carbons (Fsp3) is 0.583. The standard InChI is InChI=1S/C12H17N3O3/c1-7(12(17)18)9-5-15(6-9)11(16)10-4-13-14(3)8(10)2/h4,7,9H,5-6H2,1-3H3,(H,17,18). The van der Waals surface area contributed by atoms with Crippen LogP contribution in [0.2, 0.25) is 0 Å². The molecular formula is C12H17N3O3. The number of aliphatic carboxylic acids is 1. The van der Waals surface area contributed by atoms with Gasteiger partial charge in [-0.1, -0.05) is 6.92 Å². The Bertz CT molecular complexity index is 489. The van der Waals surface area contributed by atoms with E-state index in [-0.39, 0.29) is 11.8 Å². The average molecular weight is 251 g/mol. The first kappa shape index (κ1) is 12.6. The van der Waals surface area contributed by atoms with Gasteiger partial charge in [0.25, 0.3) is 5.91 Å². The zero-order chi connectivity index (χ0) is 13.4. The van der Waals surface area contributed by atoms with Gasteiger partial charge in [0, 0.05) is 31.7 Å². The Labute approximate surface area is 105 Å². The smallest absolute Gasteiger partial charge is 0.306 e. The molecule has 1 unspecified atom stereocenters. The van der Waals surface area contributed by atoms with Gasteiger partial charge in [0.05, 0.1) is 17.7 Å². The van der Waals surface area contributed by atoms with Crippen molar-refractivity contribution in [2.24, 2.45) is 18.9 Å². The maximum Gasteiger partial charge on any atom is 0.306 e. The summed E-state index contributed by atoms with van der Waals surface area (Å²) < 4.78 is 1.66. The molecule has 98 valence electrons. The highest BCUT2D eigenvalue weighted by Crippen LogP contribution is 2.26. The highest BCUT2D eigenvalue weighted by atomic mass is 16.4. The van der Waals surface area contributed by atoms with Crippen molar-refractivity contribution >= 4 is 11.9 Å². The van der Waals surface area contributed by atoms with Crippen molar-refractivity contribution in [2.75, 3.05) is 13.1 Å². The molecule has 0 bridgehead atoms. The molecule has 0 radical (unpaired) electrons. The molecule has 1 aliphatic rings. The Hall–Kier alpha value is -1.85. The van der Waals surface area contributed by atoms with Crippen LogP contribution in [0.5, 0.6) is 0 Å². The number of carboxylic acids is 1. The van der Waals surface area contributed by atoms with E-state index in [0.717, 1.165) is 5.69 Å². The molecule has 1 aromatic rings. The predicted octanol–water partition coefficient (Wildman–Crippen LogP) is 0.521. The number of amides is 1. The Morgan fingerprint density at radius 2 is 2.11 bits per heavy atom. The topological polar surface area (TPSA) is 75.4 Å². The number of carbonyl (C=O) groups is 2. The van der Waals surface area contributed by atoms with Gasteiger partial charge in [-0.25, -0.2) is 0 Å². The summed E-state index contributed by atoms with van der Waals surface area (Å²) in [6.45, 7) is 4.56. The van der Waals surface area contributed by atoms with Crippen LogP contribution in [0.1, 0.15) is 23.0 Å². The molecular weight excluding hydrogens is 234 g/mol. The molecule has 1 amide bonds. The third kappa shape index (κ3) is 1.98. The average Bonchev–Trinajstić information content (AvgIpc) is 2.57. The van der Waals surface area contributed by atoms with E-state index >= 15 is 0 Å². The molecule has 1 aromatic heterocycles. The molecule has 2 rings (SSSR count). The van der Waals surface area contributed by atoms with Gasteiger partial charge in [0.1, 0.15) is 0 Å². The number of aryl methyl sites for hydroxylation is 1. The second kappa shape index (κ2) is 4.44. The van der Waals surface area contributed by atoms with Crippen LogP contribution in [0.25, 0.3) is 0 Å². The van der Waals surface area contributed by atoms with Crippen molar-refractivity contribution < 1.29 is 14.7 Å². The predicted molar refractivity (Wildman–Crippen MR) is 64.1 cm³/mol. The quantitative estimate of drug-likeness (QED) is 0.849. The zero-order valence-corrected chi connectivity index (χ0v) is 10.8. The molecule has 1 fully saturated rings. The number of likely N-dealkylation sites (tertiary alicyclic amines) is 1. The lowest BCUT2D eigenvalue weighted by Crippen LogP contribution is -2.53. The fourth-order valence-corrected chi connectivity index (χ4v) is 2.08. The lowest BCUT2D eigenvalue weighted by molar-refractivity contribution is -0.144. The molecule has 0 aromatic carbocycles. The minimum Gasteiger partial charge on any atom is -0.481 e. The van der Waals surface area contributed by atoms with Crippen LogP contribution in [0.3, 0.4) is 0 Å². The third-order valence-corrected chi connectivity index (χ3v) is 3.76. The number of hydrogen-bond acceptors (Lipinski definition) is 3. The van der Waals surface area contributed by atoms with Gasteiger partial charge in [0.15, 0.2) is 0 Å². The first-order valence-electron chi connectivity index (χ1n) is 5.92. The largest absolute Gasteiger partial charge is 0.481 e. The van der Waals surface area contributed by atoms with Gasteiger partial charge in [-0.3, -0.25) is 14.3 Å². The number of carbonyl (C=O) groups excluding carboxylic acids is 1. The summed E-state index contributed by atoms with van der Waals surface area (Å²) in [5, 5.41) is 12.9. The lowest BCUT2D eigenvalue weighted by atomic mass is 9.86. The van der Waals surface area contributed by atoms with Crippen molar-refractivity contribution in [3.8, 4) is 0 Å². The summed E-state index contributed by atoms with van der Waals surface area (Å²) in [6, 6.07) is 0. The van der Waals surface area contributed by atoms with Gasteiger partial charge < -0.3 is 10.0 Å². The molecule has 0 saturated carbocycles. The molecule has 0 aliphatic carbocycles. The summed E-state index contributed by atoms with van der Waals surface area (Å²) >= 11 is 0. The maximum atomic E-state index is 12.1. The highest BCUT2D eigenvalue weighted by molar-refractivity contribution is 5.95. The first-order valence-corrected chi connectivity index (χ1v) is 5.92. The molecule has 1 N–H and O–H groups in total.